The summed E-state index contributed by atoms with van der Waals surface area (Å²) in [5.74, 6) is 0. The lowest BCUT2D eigenvalue weighted by molar-refractivity contribution is 0.182. The Morgan fingerprint density at radius 1 is 1.82 bits per heavy atom. The molecule has 0 bridgehead atoms. The number of nitrogens with zero attached hydrogens (tertiary/aromatic N) is 3. The number of anilines is 1. The first kappa shape index (κ1) is 8.28. The molecule has 0 saturated carbocycles. The first-order valence-corrected chi connectivity index (χ1v) is 4.53. The van der Waals surface area contributed by atoms with Gasteiger partial charge in [-0.2, -0.15) is 0 Å². The Morgan fingerprint density at radius 3 is 2.91 bits per heavy atom. The highest BCUT2D eigenvalue weighted by atomic mass is 32.2. The molecule has 7 heteroatoms. The van der Waals surface area contributed by atoms with Crippen molar-refractivity contribution < 1.29 is 9.90 Å². The second kappa shape index (κ2) is 3.54. The quantitative estimate of drug-likeness (QED) is 0.656. The molecular weight excluding hydrogens is 186 g/mol. The van der Waals surface area contributed by atoms with Gasteiger partial charge >= 0.3 is 6.09 Å². The summed E-state index contributed by atoms with van der Waals surface area (Å²) >= 11 is 2.04. The second-order valence-corrected chi connectivity index (χ2v) is 2.99. The summed E-state index contributed by atoms with van der Waals surface area (Å²) in [7, 11) is 0. The molecule has 0 N–H and O–H groups in total. The molecule has 1 heterocycles. The van der Waals surface area contributed by atoms with E-state index in [0.29, 0.717) is 5.00 Å². The third-order valence-electron chi connectivity index (χ3n) is 0.898. The van der Waals surface area contributed by atoms with Crippen LogP contribution in [-0.2, 0) is 5.11 Å². The van der Waals surface area contributed by atoms with Crippen LogP contribution in [-0.4, -0.2) is 21.9 Å². The Balaban J connectivity index is 2.79. The van der Waals surface area contributed by atoms with Crippen LogP contribution in [0, 0.1) is 0 Å². The van der Waals surface area contributed by atoms with Crippen molar-refractivity contribution in [2.75, 3.05) is 10.6 Å². The van der Waals surface area contributed by atoms with Gasteiger partial charge in [0.15, 0.2) is 5.00 Å². The number of carbonyl (C=O) groups is 1. The third kappa shape index (κ3) is 1.81. The third-order valence-corrected chi connectivity index (χ3v) is 2.38. The van der Waals surface area contributed by atoms with Gasteiger partial charge in [0.2, 0.25) is 0 Å². The molecule has 1 aromatic rings. The molecule has 0 atom stereocenters. The van der Waals surface area contributed by atoms with Crippen LogP contribution >= 0.6 is 23.5 Å². The molecular formula is C4H4N3O2S2. The predicted octanol–water partition coefficient (Wildman–Crippen LogP) is 1.17. The number of hydrogen-bond acceptors (Lipinski definition) is 5. The summed E-state index contributed by atoms with van der Waals surface area (Å²) in [4.78, 5) is 10.4. The molecule has 59 valence electrons. The fourth-order valence-electron chi connectivity index (χ4n) is 0.506. The van der Waals surface area contributed by atoms with Crippen molar-refractivity contribution in [3.8, 4) is 0 Å². The van der Waals surface area contributed by atoms with Gasteiger partial charge in [-0.25, -0.2) is 14.2 Å². The summed E-state index contributed by atoms with van der Waals surface area (Å²) in [5, 5.41) is 14.3. The van der Waals surface area contributed by atoms with Crippen molar-refractivity contribution in [2.45, 2.75) is 0 Å². The lowest BCUT2D eigenvalue weighted by Crippen LogP contribution is -2.18. The average Bonchev–Trinajstić information content (AvgIpc) is 2.40. The van der Waals surface area contributed by atoms with Gasteiger partial charge in [-0.1, -0.05) is 4.49 Å². The number of aromatic nitrogens is 2. The van der Waals surface area contributed by atoms with E-state index in [-0.39, 0.29) is 0 Å². The van der Waals surface area contributed by atoms with Crippen LogP contribution in [0.4, 0.5) is 9.80 Å². The smallest absolute Gasteiger partial charge is 0.219 e. The standard InChI is InChI=1S/C4H4N3O2S2/c1-10-7(4(8)9)3-2-5-6-11-3/h2H,1H3. The SMILES string of the molecule is CSN(C([O])=O)c1cnns1. The van der Waals surface area contributed by atoms with Crippen molar-refractivity contribution in [3.63, 3.8) is 0 Å². The van der Waals surface area contributed by atoms with Gasteiger partial charge in [-0.05, 0) is 11.9 Å². The molecule has 1 amide bonds. The minimum absolute atomic E-state index is 0.456. The Labute approximate surface area is 71.3 Å². The molecule has 0 saturated heterocycles. The van der Waals surface area contributed by atoms with E-state index in [4.69, 9.17) is 0 Å². The van der Waals surface area contributed by atoms with E-state index in [1.165, 1.54) is 6.20 Å². The summed E-state index contributed by atoms with van der Waals surface area (Å²) in [6.07, 6.45) is 1.75. The Hall–Kier alpha value is -0.820. The molecule has 0 fully saturated rings. The molecule has 1 rings (SSSR count). The summed E-state index contributed by atoms with van der Waals surface area (Å²) < 4.78 is 4.51. The molecule has 1 aromatic heterocycles. The first-order valence-electron chi connectivity index (χ1n) is 2.58. The van der Waals surface area contributed by atoms with Gasteiger partial charge in [-0.3, -0.25) is 0 Å². The van der Waals surface area contributed by atoms with Crippen molar-refractivity contribution in [1.82, 2.24) is 9.59 Å². The summed E-state index contributed by atoms with van der Waals surface area (Å²) in [6, 6.07) is 0. The highest BCUT2D eigenvalue weighted by molar-refractivity contribution is 8.00. The van der Waals surface area contributed by atoms with Crippen LogP contribution in [0.5, 0.6) is 0 Å². The van der Waals surface area contributed by atoms with Crippen molar-refractivity contribution >= 4 is 34.6 Å². The maximum absolute atomic E-state index is 10.4. The monoisotopic (exact) mass is 190 g/mol. The van der Waals surface area contributed by atoms with Gasteiger partial charge in [0.1, 0.15) is 0 Å². The molecule has 0 spiro atoms. The summed E-state index contributed by atoms with van der Waals surface area (Å²) in [5.41, 5.74) is 0. The van der Waals surface area contributed by atoms with Crippen molar-refractivity contribution in [2.24, 2.45) is 0 Å². The highest BCUT2D eigenvalue weighted by Crippen LogP contribution is 2.22. The van der Waals surface area contributed by atoms with Crippen LogP contribution in [0.15, 0.2) is 6.20 Å². The zero-order valence-electron chi connectivity index (χ0n) is 5.55. The van der Waals surface area contributed by atoms with E-state index in [9.17, 15) is 9.90 Å². The number of hydrogen-bond donors (Lipinski definition) is 0. The van der Waals surface area contributed by atoms with Gasteiger partial charge in [0.25, 0.3) is 0 Å². The minimum Gasteiger partial charge on any atom is -0.219 e. The molecule has 1 radical (unpaired) electrons. The van der Waals surface area contributed by atoms with E-state index >= 15 is 0 Å². The topological polar surface area (TPSA) is 66.0 Å². The average molecular weight is 190 g/mol. The number of amides is 1. The maximum atomic E-state index is 10.4. The maximum Gasteiger partial charge on any atom is 0.468 e. The van der Waals surface area contributed by atoms with Crippen LogP contribution in [0.25, 0.3) is 0 Å². The van der Waals surface area contributed by atoms with E-state index in [1.54, 1.807) is 6.26 Å². The highest BCUT2D eigenvalue weighted by Gasteiger charge is 2.16. The normalized spacial score (nSPS) is 9.55. The molecule has 0 aliphatic heterocycles. The van der Waals surface area contributed by atoms with Crippen molar-refractivity contribution in [3.05, 3.63) is 6.20 Å². The van der Waals surface area contributed by atoms with E-state index in [1.807, 2.05) is 0 Å². The fraction of sp³-hybridized carbons (Fsp3) is 0.250. The molecule has 0 aromatic carbocycles. The van der Waals surface area contributed by atoms with Gasteiger partial charge < -0.3 is 0 Å². The van der Waals surface area contributed by atoms with Crippen LogP contribution in [0.2, 0.25) is 0 Å². The largest absolute Gasteiger partial charge is 0.468 e. The van der Waals surface area contributed by atoms with E-state index in [0.717, 1.165) is 27.8 Å². The molecule has 0 aliphatic carbocycles. The Kier molecular flexibility index (Phi) is 2.66. The first-order chi connectivity index (χ1) is 5.25. The van der Waals surface area contributed by atoms with Gasteiger partial charge in [0.05, 0.1) is 6.20 Å². The predicted molar refractivity (Wildman–Crippen MR) is 42.0 cm³/mol. The fourth-order valence-corrected chi connectivity index (χ4v) is 1.63. The van der Waals surface area contributed by atoms with Crippen molar-refractivity contribution in [1.29, 1.82) is 0 Å². The Morgan fingerprint density at radius 2 is 2.55 bits per heavy atom. The van der Waals surface area contributed by atoms with Crippen LogP contribution in [0.3, 0.4) is 0 Å². The van der Waals surface area contributed by atoms with E-state index in [2.05, 4.69) is 9.59 Å². The lowest BCUT2D eigenvalue weighted by Gasteiger charge is -2.08. The molecule has 11 heavy (non-hydrogen) atoms. The zero-order chi connectivity index (χ0) is 8.27. The van der Waals surface area contributed by atoms with Crippen LogP contribution in [0.1, 0.15) is 0 Å². The minimum atomic E-state index is -1.26. The molecule has 5 nitrogen and oxygen atoms in total. The lowest BCUT2D eigenvalue weighted by atomic mass is 10.8. The van der Waals surface area contributed by atoms with Gasteiger partial charge in [-0.15, -0.1) is 5.10 Å². The summed E-state index contributed by atoms with van der Waals surface area (Å²) in [6.45, 7) is 0. The van der Waals surface area contributed by atoms with E-state index < -0.39 is 6.09 Å². The second-order valence-electron chi connectivity index (χ2n) is 1.50. The zero-order valence-corrected chi connectivity index (χ0v) is 7.18. The molecule has 0 unspecified atom stereocenters. The van der Waals surface area contributed by atoms with Crippen LogP contribution < -0.4 is 4.31 Å². The number of carbonyl (C=O) groups excluding carboxylic acids is 1. The Bertz CT molecular complexity index is 237. The van der Waals surface area contributed by atoms with Gasteiger partial charge in [0, 0.05) is 17.8 Å². The number of rotatable bonds is 2. The molecule has 0 aliphatic rings.